The Kier molecular flexibility index (Phi) is 10.8. The van der Waals surface area contributed by atoms with Gasteiger partial charge >= 0.3 is 0 Å². The summed E-state index contributed by atoms with van der Waals surface area (Å²) in [5.74, 6) is -0.376. The van der Waals surface area contributed by atoms with Crippen molar-refractivity contribution in [3.63, 3.8) is 0 Å². The Morgan fingerprint density at radius 2 is 1.78 bits per heavy atom. The zero-order valence-electron chi connectivity index (χ0n) is 24.6. The van der Waals surface area contributed by atoms with Gasteiger partial charge in [-0.05, 0) is 75.5 Å². The molecule has 0 radical (unpaired) electrons. The Labute approximate surface area is 242 Å². The van der Waals surface area contributed by atoms with Gasteiger partial charge in [-0.3, -0.25) is 29.1 Å². The van der Waals surface area contributed by atoms with Crippen LogP contribution in [0.2, 0.25) is 0 Å². The molecule has 2 N–H and O–H groups in total. The number of carbonyl (C=O) groups excluding carboxylic acids is 2. The normalized spacial score (nSPS) is 14.2. The van der Waals surface area contributed by atoms with E-state index in [-0.39, 0.29) is 11.8 Å². The number of hydrogen-bond acceptors (Lipinski definition) is 7. The number of anilines is 2. The van der Waals surface area contributed by atoms with Crippen molar-refractivity contribution in [2.24, 2.45) is 0 Å². The summed E-state index contributed by atoms with van der Waals surface area (Å²) < 4.78 is 7.04. The first kappa shape index (κ1) is 30.1. The number of hydrogen-bond donors (Lipinski definition) is 2. The van der Waals surface area contributed by atoms with E-state index in [9.17, 15) is 9.59 Å². The maximum atomic E-state index is 13.3. The van der Waals surface area contributed by atoms with E-state index in [1.54, 1.807) is 25.6 Å². The number of carbonyl (C=O) groups is 2. The highest BCUT2D eigenvalue weighted by Gasteiger charge is 2.16. The van der Waals surface area contributed by atoms with Crippen molar-refractivity contribution in [2.45, 2.75) is 59.4 Å². The number of piperidine rings is 1. The molecule has 4 rings (SSSR count). The van der Waals surface area contributed by atoms with Crippen molar-refractivity contribution in [2.75, 3.05) is 44.0 Å². The molecule has 2 amide bonds. The van der Waals surface area contributed by atoms with Crippen molar-refractivity contribution < 1.29 is 14.3 Å². The molecule has 1 fully saturated rings. The first-order valence-corrected chi connectivity index (χ1v) is 14.4. The molecule has 3 aromatic heterocycles. The van der Waals surface area contributed by atoms with Crippen LogP contribution in [-0.2, 0) is 16.1 Å². The molecule has 41 heavy (non-hydrogen) atoms. The molecule has 3 aromatic rings. The van der Waals surface area contributed by atoms with E-state index in [1.807, 2.05) is 37.0 Å². The lowest BCUT2D eigenvalue weighted by Gasteiger charge is -2.25. The van der Waals surface area contributed by atoms with Gasteiger partial charge in [-0.1, -0.05) is 19.8 Å². The van der Waals surface area contributed by atoms with E-state index < -0.39 is 0 Å². The average molecular weight is 560 g/mol. The summed E-state index contributed by atoms with van der Waals surface area (Å²) in [7, 11) is 1.68. The zero-order chi connectivity index (χ0) is 29.2. The second kappa shape index (κ2) is 14.7. The first-order chi connectivity index (χ1) is 19.9. The Morgan fingerprint density at radius 1 is 1.00 bits per heavy atom. The van der Waals surface area contributed by atoms with Gasteiger partial charge in [-0.2, -0.15) is 5.10 Å². The monoisotopic (exact) mass is 559 g/mol. The molecule has 1 saturated heterocycles. The highest BCUT2D eigenvalue weighted by atomic mass is 16.5. The van der Waals surface area contributed by atoms with Gasteiger partial charge in [0.05, 0.1) is 54.7 Å². The lowest BCUT2D eigenvalue weighted by Crippen LogP contribution is -2.36. The second-order valence-corrected chi connectivity index (χ2v) is 10.5. The number of ether oxygens (including phenoxy) is 1. The summed E-state index contributed by atoms with van der Waals surface area (Å²) in [6, 6.07) is 3.60. The third-order valence-corrected chi connectivity index (χ3v) is 7.20. The molecule has 10 nitrogen and oxygen atoms in total. The molecule has 1 aliphatic heterocycles. The molecular weight excluding hydrogens is 518 g/mol. The largest absolute Gasteiger partial charge is 0.383 e. The Hall–Kier alpha value is -3.89. The van der Waals surface area contributed by atoms with Crippen LogP contribution in [0.5, 0.6) is 0 Å². The third-order valence-electron chi connectivity index (χ3n) is 7.20. The fourth-order valence-corrected chi connectivity index (χ4v) is 4.86. The van der Waals surface area contributed by atoms with Crippen molar-refractivity contribution in [1.29, 1.82) is 0 Å². The number of aromatic nitrogens is 4. The van der Waals surface area contributed by atoms with Gasteiger partial charge in [0, 0.05) is 30.8 Å². The molecule has 0 aliphatic carbocycles. The van der Waals surface area contributed by atoms with Crippen LogP contribution in [0.25, 0.3) is 11.6 Å². The SMILES string of the molecule is CCC/C(=C\c1cc(C(=O)Nc2cc(NC(=O)CN3CCCCC3)cnc2C)cnc1C)c1cnn(CCOC)c1. The number of rotatable bonds is 12. The summed E-state index contributed by atoms with van der Waals surface area (Å²) in [6.45, 7) is 9.42. The maximum absolute atomic E-state index is 13.3. The first-order valence-electron chi connectivity index (χ1n) is 14.4. The van der Waals surface area contributed by atoms with Crippen molar-refractivity contribution >= 4 is 34.8 Å². The van der Waals surface area contributed by atoms with Gasteiger partial charge in [0.2, 0.25) is 5.91 Å². The minimum Gasteiger partial charge on any atom is -0.383 e. The molecule has 4 heterocycles. The summed E-state index contributed by atoms with van der Waals surface area (Å²) in [4.78, 5) is 36.9. The Morgan fingerprint density at radius 3 is 2.54 bits per heavy atom. The number of nitrogens with zero attached hydrogens (tertiary/aromatic N) is 5. The predicted molar refractivity (Wildman–Crippen MR) is 162 cm³/mol. The molecule has 0 spiro atoms. The molecule has 0 atom stereocenters. The zero-order valence-corrected chi connectivity index (χ0v) is 24.6. The van der Waals surface area contributed by atoms with Gasteiger partial charge in [0.25, 0.3) is 5.91 Å². The summed E-state index contributed by atoms with van der Waals surface area (Å²) >= 11 is 0. The fraction of sp³-hybridized carbons (Fsp3) is 0.452. The number of methoxy groups -OCH3 is 1. The summed E-state index contributed by atoms with van der Waals surface area (Å²) in [5, 5.41) is 10.3. The van der Waals surface area contributed by atoms with Crippen LogP contribution in [0, 0.1) is 13.8 Å². The molecule has 0 unspecified atom stereocenters. The number of allylic oxidation sites excluding steroid dienone is 1. The molecule has 0 aromatic carbocycles. The van der Waals surface area contributed by atoms with Crippen LogP contribution in [-0.4, -0.2) is 69.8 Å². The number of nitrogens with one attached hydrogen (secondary N) is 2. The third kappa shape index (κ3) is 8.55. The number of amides is 2. The van der Waals surface area contributed by atoms with E-state index in [4.69, 9.17) is 4.74 Å². The van der Waals surface area contributed by atoms with Crippen LogP contribution >= 0.6 is 0 Å². The van der Waals surface area contributed by atoms with Crippen LogP contribution in [0.4, 0.5) is 11.4 Å². The average Bonchev–Trinajstić information content (AvgIpc) is 3.44. The molecule has 0 saturated carbocycles. The van der Waals surface area contributed by atoms with Gasteiger partial charge in [-0.15, -0.1) is 0 Å². The van der Waals surface area contributed by atoms with Crippen molar-refractivity contribution in [1.82, 2.24) is 24.6 Å². The Bertz CT molecular complexity index is 1380. The van der Waals surface area contributed by atoms with E-state index >= 15 is 0 Å². The standard InChI is InChI=1S/C31H41N7O3/c1-5-9-24(27-18-34-38(20-27)12-13-41-4)14-25-15-26(17-32-22(25)2)31(40)36-29-16-28(19-33-23(29)3)35-30(39)21-37-10-7-6-8-11-37/h14-20H,5-13,21H2,1-4H3,(H,35,39)(H,36,40)/b24-14+. The van der Waals surface area contributed by atoms with Crippen molar-refractivity contribution in [3.05, 3.63) is 65.0 Å². The van der Waals surface area contributed by atoms with Crippen LogP contribution in [0.15, 0.2) is 36.9 Å². The summed E-state index contributed by atoms with van der Waals surface area (Å²) in [6.07, 6.45) is 14.5. The second-order valence-electron chi connectivity index (χ2n) is 10.5. The lowest BCUT2D eigenvalue weighted by molar-refractivity contribution is -0.117. The number of pyridine rings is 2. The minimum absolute atomic E-state index is 0.0823. The van der Waals surface area contributed by atoms with Crippen molar-refractivity contribution in [3.8, 4) is 0 Å². The van der Waals surface area contributed by atoms with Gasteiger partial charge in [-0.25, -0.2) is 0 Å². The molecule has 0 bridgehead atoms. The molecular formula is C31H41N7O3. The Balaban J connectivity index is 1.48. The van der Waals surface area contributed by atoms with Crippen LogP contribution in [0.1, 0.15) is 71.9 Å². The smallest absolute Gasteiger partial charge is 0.257 e. The van der Waals surface area contributed by atoms with Crippen LogP contribution in [0.3, 0.4) is 0 Å². The molecule has 218 valence electrons. The highest BCUT2D eigenvalue weighted by molar-refractivity contribution is 6.05. The molecule has 1 aliphatic rings. The highest BCUT2D eigenvalue weighted by Crippen LogP contribution is 2.25. The number of aryl methyl sites for hydroxylation is 2. The van der Waals surface area contributed by atoms with E-state index in [0.29, 0.717) is 42.3 Å². The van der Waals surface area contributed by atoms with E-state index in [2.05, 4.69) is 43.6 Å². The predicted octanol–water partition coefficient (Wildman–Crippen LogP) is 4.95. The van der Waals surface area contributed by atoms with Gasteiger partial charge < -0.3 is 15.4 Å². The topological polar surface area (TPSA) is 114 Å². The molecule has 10 heteroatoms. The fourth-order valence-electron chi connectivity index (χ4n) is 4.86. The quantitative estimate of drug-likeness (QED) is 0.323. The van der Waals surface area contributed by atoms with Crippen LogP contribution < -0.4 is 10.6 Å². The minimum atomic E-state index is -0.293. The van der Waals surface area contributed by atoms with Gasteiger partial charge in [0.1, 0.15) is 0 Å². The maximum Gasteiger partial charge on any atom is 0.257 e. The lowest BCUT2D eigenvalue weighted by atomic mass is 10.00. The number of likely N-dealkylation sites (tertiary alicyclic amines) is 1. The summed E-state index contributed by atoms with van der Waals surface area (Å²) in [5.41, 5.74) is 6.06. The van der Waals surface area contributed by atoms with E-state index in [1.165, 1.54) is 6.42 Å². The van der Waals surface area contributed by atoms with E-state index in [0.717, 1.165) is 61.2 Å². The van der Waals surface area contributed by atoms with Gasteiger partial charge in [0.15, 0.2) is 0 Å².